The molecule has 0 heterocycles. The number of hydrogen-bond acceptors (Lipinski definition) is 2. The molecule has 0 spiro atoms. The summed E-state index contributed by atoms with van der Waals surface area (Å²) in [7, 11) is 0. The minimum absolute atomic E-state index is 0.280. The number of nitrogens with one attached hydrogen (secondary N) is 1. The van der Waals surface area contributed by atoms with Crippen molar-refractivity contribution < 1.29 is 5.11 Å². The molecule has 0 amide bonds. The van der Waals surface area contributed by atoms with E-state index in [-0.39, 0.29) is 6.23 Å². The zero-order valence-corrected chi connectivity index (χ0v) is 18.4. The van der Waals surface area contributed by atoms with Crippen LogP contribution in [0.15, 0.2) is 0 Å². The number of aliphatic hydroxyl groups is 1. The van der Waals surface area contributed by atoms with Crippen molar-refractivity contribution in [2.24, 2.45) is 0 Å². The normalized spacial score (nSPS) is 12.6. The average molecular weight is 370 g/mol. The predicted molar refractivity (Wildman–Crippen MR) is 118 cm³/mol. The lowest BCUT2D eigenvalue weighted by Crippen LogP contribution is -2.29. The molecule has 0 saturated heterocycles. The molecular weight excluding hydrogens is 318 g/mol. The van der Waals surface area contributed by atoms with E-state index in [1.54, 1.807) is 0 Å². The van der Waals surface area contributed by atoms with Gasteiger partial charge >= 0.3 is 0 Å². The van der Waals surface area contributed by atoms with Gasteiger partial charge in [0.1, 0.15) is 6.23 Å². The van der Waals surface area contributed by atoms with Crippen LogP contribution in [0.1, 0.15) is 142 Å². The molecule has 0 saturated carbocycles. The van der Waals surface area contributed by atoms with Crippen LogP contribution in [-0.4, -0.2) is 17.9 Å². The Hall–Kier alpha value is -0.0800. The standard InChI is InChI=1S/C24H51NO/c1-3-5-7-9-11-13-15-17-19-21-23-25-24(26)22-20-18-16-14-12-10-8-6-4-2/h24-26H,3-23H2,1-2H3. The van der Waals surface area contributed by atoms with Gasteiger partial charge in [0.25, 0.3) is 0 Å². The molecule has 0 rings (SSSR count). The summed E-state index contributed by atoms with van der Waals surface area (Å²) in [6, 6.07) is 0. The quantitative estimate of drug-likeness (QED) is 0.151. The Labute approximate surface area is 165 Å². The molecule has 2 nitrogen and oxygen atoms in total. The van der Waals surface area contributed by atoms with Crippen LogP contribution in [0.5, 0.6) is 0 Å². The van der Waals surface area contributed by atoms with Crippen LogP contribution >= 0.6 is 0 Å². The zero-order chi connectivity index (χ0) is 19.1. The fraction of sp³-hybridized carbons (Fsp3) is 1.00. The van der Waals surface area contributed by atoms with E-state index in [0.717, 1.165) is 13.0 Å². The third kappa shape index (κ3) is 22.0. The van der Waals surface area contributed by atoms with E-state index in [4.69, 9.17) is 0 Å². The van der Waals surface area contributed by atoms with Crippen molar-refractivity contribution in [3.8, 4) is 0 Å². The van der Waals surface area contributed by atoms with Crippen molar-refractivity contribution in [2.45, 2.75) is 148 Å². The molecule has 1 atom stereocenters. The first kappa shape index (κ1) is 25.9. The monoisotopic (exact) mass is 369 g/mol. The summed E-state index contributed by atoms with van der Waals surface area (Å²) in [6.07, 6.45) is 26.5. The second kappa shape index (κ2) is 23.0. The highest BCUT2D eigenvalue weighted by atomic mass is 16.3. The smallest absolute Gasteiger partial charge is 0.104 e. The van der Waals surface area contributed by atoms with Crippen molar-refractivity contribution in [3.63, 3.8) is 0 Å². The lowest BCUT2D eigenvalue weighted by Gasteiger charge is -2.12. The molecule has 0 aromatic carbocycles. The highest BCUT2D eigenvalue weighted by Crippen LogP contribution is 2.12. The number of hydrogen-bond donors (Lipinski definition) is 2. The summed E-state index contributed by atoms with van der Waals surface area (Å²) < 4.78 is 0. The average Bonchev–Trinajstić information content (AvgIpc) is 2.64. The zero-order valence-electron chi connectivity index (χ0n) is 18.4. The van der Waals surface area contributed by atoms with Crippen LogP contribution in [0.2, 0.25) is 0 Å². The van der Waals surface area contributed by atoms with E-state index in [9.17, 15) is 5.11 Å². The SMILES string of the molecule is CCCCCCCCCCCCNC(O)CCCCCCCCCCC. The number of unbranched alkanes of at least 4 members (excludes halogenated alkanes) is 17. The van der Waals surface area contributed by atoms with Gasteiger partial charge in [-0.1, -0.05) is 123 Å². The maximum atomic E-state index is 9.98. The molecule has 0 aromatic heterocycles. The molecule has 0 bridgehead atoms. The molecule has 0 fully saturated rings. The molecule has 26 heavy (non-hydrogen) atoms. The first-order chi connectivity index (χ1) is 12.8. The van der Waals surface area contributed by atoms with Gasteiger partial charge in [-0.15, -0.1) is 0 Å². The second-order valence-corrected chi connectivity index (χ2v) is 8.27. The minimum atomic E-state index is -0.280. The summed E-state index contributed by atoms with van der Waals surface area (Å²) in [5.41, 5.74) is 0. The summed E-state index contributed by atoms with van der Waals surface area (Å²) in [4.78, 5) is 0. The predicted octanol–water partition coefficient (Wildman–Crippen LogP) is 7.74. The van der Waals surface area contributed by atoms with Gasteiger partial charge in [0.05, 0.1) is 0 Å². The van der Waals surface area contributed by atoms with Gasteiger partial charge in [-0.2, -0.15) is 0 Å². The van der Waals surface area contributed by atoms with Gasteiger partial charge in [0.15, 0.2) is 0 Å². The fourth-order valence-electron chi connectivity index (χ4n) is 3.63. The minimum Gasteiger partial charge on any atom is -0.379 e. The van der Waals surface area contributed by atoms with E-state index in [1.807, 2.05) is 0 Å². The molecule has 0 aromatic rings. The van der Waals surface area contributed by atoms with Crippen molar-refractivity contribution >= 4 is 0 Å². The molecular formula is C24H51NO. The van der Waals surface area contributed by atoms with Gasteiger partial charge < -0.3 is 5.11 Å². The van der Waals surface area contributed by atoms with Crippen LogP contribution in [0.4, 0.5) is 0 Å². The van der Waals surface area contributed by atoms with Crippen LogP contribution in [-0.2, 0) is 0 Å². The fourth-order valence-corrected chi connectivity index (χ4v) is 3.63. The second-order valence-electron chi connectivity index (χ2n) is 8.27. The molecule has 0 aliphatic rings. The van der Waals surface area contributed by atoms with E-state index < -0.39 is 0 Å². The first-order valence-corrected chi connectivity index (χ1v) is 12.2. The topological polar surface area (TPSA) is 32.3 Å². The summed E-state index contributed by atoms with van der Waals surface area (Å²) in [5, 5.41) is 13.3. The molecule has 0 aliphatic heterocycles. The molecule has 158 valence electrons. The summed E-state index contributed by atoms with van der Waals surface area (Å²) in [6.45, 7) is 5.53. The Morgan fingerprint density at radius 3 is 1.27 bits per heavy atom. The molecule has 2 N–H and O–H groups in total. The third-order valence-corrected chi connectivity index (χ3v) is 5.49. The summed E-state index contributed by atoms with van der Waals surface area (Å²) in [5.74, 6) is 0. The van der Waals surface area contributed by atoms with Gasteiger partial charge in [-0.25, -0.2) is 0 Å². The lowest BCUT2D eigenvalue weighted by atomic mass is 10.1. The molecule has 0 radical (unpaired) electrons. The Balaban J connectivity index is 3.12. The molecule has 2 heteroatoms. The lowest BCUT2D eigenvalue weighted by molar-refractivity contribution is 0.124. The Bertz CT molecular complexity index is 244. The van der Waals surface area contributed by atoms with Crippen LogP contribution in [0, 0.1) is 0 Å². The van der Waals surface area contributed by atoms with E-state index >= 15 is 0 Å². The van der Waals surface area contributed by atoms with Gasteiger partial charge in [0.2, 0.25) is 0 Å². The Morgan fingerprint density at radius 1 is 0.500 bits per heavy atom. The van der Waals surface area contributed by atoms with Crippen molar-refractivity contribution in [1.82, 2.24) is 5.32 Å². The third-order valence-electron chi connectivity index (χ3n) is 5.49. The highest BCUT2D eigenvalue weighted by Gasteiger charge is 2.02. The van der Waals surface area contributed by atoms with Gasteiger partial charge in [0, 0.05) is 0 Å². The molecule has 1 unspecified atom stereocenters. The number of rotatable bonds is 22. The van der Waals surface area contributed by atoms with E-state index in [0.29, 0.717) is 0 Å². The summed E-state index contributed by atoms with van der Waals surface area (Å²) >= 11 is 0. The van der Waals surface area contributed by atoms with Crippen molar-refractivity contribution in [2.75, 3.05) is 6.54 Å². The maximum Gasteiger partial charge on any atom is 0.104 e. The maximum absolute atomic E-state index is 9.98. The van der Waals surface area contributed by atoms with Crippen molar-refractivity contribution in [1.29, 1.82) is 0 Å². The van der Waals surface area contributed by atoms with Crippen molar-refractivity contribution in [3.05, 3.63) is 0 Å². The van der Waals surface area contributed by atoms with E-state index in [1.165, 1.54) is 122 Å². The largest absolute Gasteiger partial charge is 0.379 e. The van der Waals surface area contributed by atoms with Gasteiger partial charge in [-0.05, 0) is 25.8 Å². The van der Waals surface area contributed by atoms with Crippen LogP contribution < -0.4 is 5.32 Å². The molecule has 0 aliphatic carbocycles. The first-order valence-electron chi connectivity index (χ1n) is 12.2. The Morgan fingerprint density at radius 2 is 0.846 bits per heavy atom. The number of aliphatic hydroxyl groups excluding tert-OH is 1. The van der Waals surface area contributed by atoms with Crippen LogP contribution in [0.3, 0.4) is 0 Å². The van der Waals surface area contributed by atoms with Crippen LogP contribution in [0.25, 0.3) is 0 Å². The highest BCUT2D eigenvalue weighted by molar-refractivity contribution is 4.56. The van der Waals surface area contributed by atoms with E-state index in [2.05, 4.69) is 19.2 Å². The van der Waals surface area contributed by atoms with Gasteiger partial charge in [-0.3, -0.25) is 5.32 Å². The Kier molecular flexibility index (Phi) is 22.9.